The maximum atomic E-state index is 12.2. The molecule has 2 heterocycles. The minimum atomic E-state index is -0.126. The van der Waals surface area contributed by atoms with E-state index in [9.17, 15) is 9.90 Å². The molecule has 0 atom stereocenters. The van der Waals surface area contributed by atoms with Crippen LogP contribution >= 0.6 is 0 Å². The number of nitrogens with zero attached hydrogens (tertiary/aromatic N) is 3. The summed E-state index contributed by atoms with van der Waals surface area (Å²) in [5.41, 5.74) is 1.36. The summed E-state index contributed by atoms with van der Waals surface area (Å²) in [5, 5.41) is 13.9. The van der Waals surface area contributed by atoms with E-state index >= 15 is 0 Å². The number of benzene rings is 1. The molecule has 0 unspecified atom stereocenters. The molecule has 1 aromatic heterocycles. The first-order valence-corrected chi connectivity index (χ1v) is 6.07. The van der Waals surface area contributed by atoms with Crippen molar-refractivity contribution in [2.75, 3.05) is 0 Å². The Labute approximate surface area is 136 Å². The Kier molecular flexibility index (Phi) is 4.26. The van der Waals surface area contributed by atoms with Gasteiger partial charge in [0.05, 0.1) is 0 Å². The molecule has 19 heavy (non-hydrogen) atoms. The van der Waals surface area contributed by atoms with Gasteiger partial charge in [-0.3, -0.25) is 4.57 Å². The predicted octanol–water partition coefficient (Wildman–Crippen LogP) is 1.18. The van der Waals surface area contributed by atoms with Gasteiger partial charge in [-0.25, -0.2) is 9.48 Å². The van der Waals surface area contributed by atoms with Crippen LogP contribution in [0.25, 0.3) is 5.69 Å². The molecule has 6 heteroatoms. The van der Waals surface area contributed by atoms with E-state index in [1.165, 1.54) is 10.7 Å². The van der Waals surface area contributed by atoms with Crippen molar-refractivity contribution < 1.29 is 37.8 Å². The summed E-state index contributed by atoms with van der Waals surface area (Å²) in [6.07, 6.45) is 2.93. The molecule has 1 radical (unpaired) electrons. The zero-order valence-electron chi connectivity index (χ0n) is 10.8. The van der Waals surface area contributed by atoms with Gasteiger partial charge in [-0.15, -0.1) is 17.7 Å². The molecule has 0 aliphatic carbocycles. The molecule has 0 saturated heterocycles. The number of phenolic OH excluding ortho intramolecular Hbond substituents is 1. The van der Waals surface area contributed by atoms with Gasteiger partial charge in [-0.1, -0.05) is 6.92 Å². The van der Waals surface area contributed by atoms with Gasteiger partial charge < -0.3 is 5.11 Å². The predicted molar refractivity (Wildman–Crippen MR) is 66.0 cm³/mol. The number of fused-ring (bicyclic) bond motifs is 1. The van der Waals surface area contributed by atoms with Crippen molar-refractivity contribution in [1.29, 1.82) is 0 Å². The monoisotopic (exact) mass is 333 g/mol. The molecule has 1 aromatic carbocycles. The molecule has 5 nitrogen and oxygen atoms in total. The number of rotatable bonds is 1. The maximum Gasteiger partial charge on any atom is 0.348 e. The van der Waals surface area contributed by atoms with Crippen molar-refractivity contribution in [2.24, 2.45) is 0 Å². The van der Waals surface area contributed by atoms with E-state index in [2.05, 4.69) is 11.2 Å². The van der Waals surface area contributed by atoms with Crippen LogP contribution in [0.5, 0.6) is 5.75 Å². The quantitative estimate of drug-likeness (QED) is 0.798. The van der Waals surface area contributed by atoms with E-state index in [4.69, 9.17) is 0 Å². The third kappa shape index (κ3) is 2.54. The van der Waals surface area contributed by atoms with Crippen LogP contribution in [-0.4, -0.2) is 19.5 Å². The van der Waals surface area contributed by atoms with Crippen molar-refractivity contribution >= 4 is 0 Å². The Balaban J connectivity index is 0.00000133. The number of aromatic nitrogens is 3. The summed E-state index contributed by atoms with van der Waals surface area (Å²) >= 11 is 0. The number of phenols is 1. The zero-order chi connectivity index (χ0) is 12.7. The minimum Gasteiger partial charge on any atom is -0.534 e. The van der Waals surface area contributed by atoms with E-state index in [1.54, 1.807) is 10.6 Å². The number of aryl methyl sites for hydroxylation is 2. The topological polar surface area (TPSA) is 60.0 Å². The average molecular weight is 333 g/mol. The number of hydrogen-bond acceptors (Lipinski definition) is 3. The van der Waals surface area contributed by atoms with Gasteiger partial charge in [-0.2, -0.15) is 11.2 Å². The van der Waals surface area contributed by atoms with Gasteiger partial charge in [-0.05, 0) is 18.5 Å². The first-order valence-electron chi connectivity index (χ1n) is 6.07. The molecule has 1 aliphatic heterocycles. The molecule has 1 N–H and O–H groups in total. The fourth-order valence-corrected chi connectivity index (χ4v) is 2.33. The fourth-order valence-electron chi connectivity index (χ4n) is 2.33. The Hall–Kier alpha value is -0.936. The van der Waals surface area contributed by atoms with Crippen LogP contribution in [0, 0.1) is 13.0 Å². The molecule has 3 rings (SSSR count). The zero-order valence-corrected chi connectivity index (χ0v) is 13.6. The second kappa shape index (κ2) is 5.59. The summed E-state index contributed by atoms with van der Waals surface area (Å²) in [6.45, 7) is 2.61. The van der Waals surface area contributed by atoms with Crippen molar-refractivity contribution in [1.82, 2.24) is 14.3 Å². The smallest absolute Gasteiger partial charge is 0.348 e. The Morgan fingerprint density at radius 3 is 2.95 bits per heavy atom. The van der Waals surface area contributed by atoms with Gasteiger partial charge in [0.1, 0.15) is 5.82 Å². The largest absolute Gasteiger partial charge is 0.534 e. The first-order chi connectivity index (χ1) is 8.66. The van der Waals surface area contributed by atoms with Crippen LogP contribution in [0.1, 0.15) is 24.2 Å². The normalized spacial score (nSPS) is 13.7. The summed E-state index contributed by atoms with van der Waals surface area (Å²) in [4.78, 5) is 12.2. The molecule has 2 aromatic rings. The summed E-state index contributed by atoms with van der Waals surface area (Å²) < 4.78 is 3.10. The van der Waals surface area contributed by atoms with E-state index in [-0.39, 0.29) is 44.1 Å². The van der Waals surface area contributed by atoms with Gasteiger partial charge in [0, 0.05) is 51.4 Å². The Morgan fingerprint density at radius 2 is 2.21 bits per heavy atom. The van der Waals surface area contributed by atoms with E-state index in [0.717, 1.165) is 37.2 Å². The van der Waals surface area contributed by atoms with Crippen LogP contribution in [0.4, 0.5) is 0 Å². The molecule has 97 valence electrons. The van der Waals surface area contributed by atoms with E-state index in [1.807, 2.05) is 6.92 Å². The molecule has 0 fully saturated rings. The van der Waals surface area contributed by atoms with Gasteiger partial charge in [0.25, 0.3) is 0 Å². The van der Waals surface area contributed by atoms with Gasteiger partial charge in [0.2, 0.25) is 0 Å². The molecule has 0 bridgehead atoms. The van der Waals surface area contributed by atoms with Crippen LogP contribution in [-0.2, 0) is 45.7 Å². The molecular weight excluding hydrogens is 319 g/mol. The Bertz CT molecular complexity index is 660. The maximum absolute atomic E-state index is 12.2. The minimum absolute atomic E-state index is 0. The van der Waals surface area contributed by atoms with Gasteiger partial charge >= 0.3 is 5.69 Å². The van der Waals surface area contributed by atoms with Crippen LogP contribution in [0.2, 0.25) is 0 Å². The van der Waals surface area contributed by atoms with E-state index in [0.29, 0.717) is 5.69 Å². The summed E-state index contributed by atoms with van der Waals surface area (Å²) in [5.74, 6) is 0.853. The van der Waals surface area contributed by atoms with Crippen LogP contribution in [0.3, 0.4) is 0 Å². The van der Waals surface area contributed by atoms with Gasteiger partial charge in [0.15, 0.2) is 0 Å². The SMILES string of the molecule is Cc1c[c-]c(O)cc1-n1nc2n(c1=O)CCCC2.[Y]. The summed E-state index contributed by atoms with van der Waals surface area (Å²) in [6, 6.07) is 5.88. The first kappa shape index (κ1) is 14.5. The molecule has 0 saturated carbocycles. The molecular formula is C13H14N3O2Y-. The Morgan fingerprint density at radius 1 is 1.42 bits per heavy atom. The van der Waals surface area contributed by atoms with Crippen molar-refractivity contribution in [3.63, 3.8) is 0 Å². The second-order valence-electron chi connectivity index (χ2n) is 4.61. The fraction of sp³-hybridized carbons (Fsp3) is 0.385. The average Bonchev–Trinajstić information content (AvgIpc) is 2.71. The number of hydrogen-bond donors (Lipinski definition) is 1. The van der Waals surface area contributed by atoms with Crippen molar-refractivity contribution in [3.8, 4) is 11.4 Å². The molecule has 0 amide bonds. The molecule has 0 spiro atoms. The summed E-state index contributed by atoms with van der Waals surface area (Å²) in [7, 11) is 0. The van der Waals surface area contributed by atoms with Crippen LogP contribution < -0.4 is 5.69 Å². The third-order valence-corrected chi connectivity index (χ3v) is 3.31. The standard InChI is InChI=1S/C13H14N3O2.Y/c1-9-5-6-10(17)8-11(9)16-13(18)15-7-3-2-4-12(15)14-16;/h5,8,17H,2-4,7H2,1H3;/q-1;. The van der Waals surface area contributed by atoms with Crippen molar-refractivity contribution in [2.45, 2.75) is 32.7 Å². The van der Waals surface area contributed by atoms with Crippen molar-refractivity contribution in [3.05, 3.63) is 40.1 Å². The van der Waals surface area contributed by atoms with E-state index < -0.39 is 0 Å². The van der Waals surface area contributed by atoms with Crippen LogP contribution in [0.15, 0.2) is 16.9 Å². The third-order valence-electron chi connectivity index (χ3n) is 3.31. The molecule has 1 aliphatic rings. The second-order valence-corrected chi connectivity index (χ2v) is 4.61. The number of aromatic hydroxyl groups is 1.